The number of amides is 1. The molecular formula is C23H20N2O4. The number of methoxy groups -OCH3 is 2. The zero-order valence-electron chi connectivity index (χ0n) is 16.1. The van der Waals surface area contributed by atoms with Gasteiger partial charge < -0.3 is 19.3 Å². The molecule has 0 bridgehead atoms. The number of carbonyl (C=O) groups excluding carboxylic acids is 1. The summed E-state index contributed by atoms with van der Waals surface area (Å²) in [5, 5.41) is 7.82. The smallest absolute Gasteiger partial charge is 0.251 e. The Bertz CT molecular complexity index is 1150. The molecule has 146 valence electrons. The number of nitrogens with zero attached hydrogens (tertiary/aromatic N) is 1. The van der Waals surface area contributed by atoms with Crippen molar-refractivity contribution in [3.63, 3.8) is 0 Å². The number of aromatic nitrogens is 1. The highest BCUT2D eigenvalue weighted by Crippen LogP contribution is 2.29. The average Bonchev–Trinajstić information content (AvgIpc) is 3.21. The molecule has 4 rings (SSSR count). The lowest BCUT2D eigenvalue weighted by Gasteiger charge is -2.11. The Hall–Kier alpha value is -3.80. The van der Waals surface area contributed by atoms with Crippen molar-refractivity contribution in [1.82, 2.24) is 10.5 Å². The predicted molar refractivity (Wildman–Crippen MR) is 110 cm³/mol. The SMILES string of the molecule is COc1ccc(OC)c(CNC(=O)c2ccc3noc(-c4ccccc4)c3c2)c1. The molecule has 1 amide bonds. The third-order valence-corrected chi connectivity index (χ3v) is 4.70. The summed E-state index contributed by atoms with van der Waals surface area (Å²) in [6, 6.07) is 20.5. The number of ether oxygens (including phenoxy) is 2. The molecule has 6 nitrogen and oxygen atoms in total. The van der Waals surface area contributed by atoms with Crippen molar-refractivity contribution in [2.24, 2.45) is 0 Å². The molecule has 1 heterocycles. The first-order valence-electron chi connectivity index (χ1n) is 9.13. The molecule has 0 saturated carbocycles. The largest absolute Gasteiger partial charge is 0.497 e. The minimum atomic E-state index is -0.197. The van der Waals surface area contributed by atoms with Crippen LogP contribution in [0.5, 0.6) is 11.5 Å². The van der Waals surface area contributed by atoms with E-state index in [-0.39, 0.29) is 5.91 Å². The van der Waals surface area contributed by atoms with Gasteiger partial charge in [0.1, 0.15) is 17.0 Å². The lowest BCUT2D eigenvalue weighted by molar-refractivity contribution is 0.0951. The van der Waals surface area contributed by atoms with E-state index in [4.69, 9.17) is 14.0 Å². The Morgan fingerprint density at radius 3 is 2.59 bits per heavy atom. The van der Waals surface area contributed by atoms with Crippen LogP contribution in [-0.4, -0.2) is 25.3 Å². The van der Waals surface area contributed by atoms with Gasteiger partial charge in [-0.1, -0.05) is 35.5 Å². The molecule has 0 aliphatic heterocycles. The highest BCUT2D eigenvalue weighted by Gasteiger charge is 2.14. The van der Waals surface area contributed by atoms with Gasteiger partial charge in [0.15, 0.2) is 5.76 Å². The Kier molecular flexibility index (Phi) is 5.16. The standard InChI is InChI=1S/C23H20N2O4/c1-27-18-9-11-21(28-2)17(12-18)14-24-23(26)16-8-10-20-19(13-16)22(29-25-20)15-6-4-3-5-7-15/h3-13H,14H2,1-2H3,(H,24,26). The van der Waals surface area contributed by atoms with Crippen LogP contribution in [0.1, 0.15) is 15.9 Å². The fraction of sp³-hybridized carbons (Fsp3) is 0.130. The van der Waals surface area contributed by atoms with Crippen LogP contribution in [-0.2, 0) is 6.54 Å². The maximum Gasteiger partial charge on any atom is 0.251 e. The summed E-state index contributed by atoms with van der Waals surface area (Å²) in [5.41, 5.74) is 2.97. The molecule has 4 aromatic rings. The third kappa shape index (κ3) is 3.78. The fourth-order valence-corrected chi connectivity index (χ4v) is 3.18. The number of hydrogen-bond donors (Lipinski definition) is 1. The lowest BCUT2D eigenvalue weighted by Crippen LogP contribution is -2.23. The fourth-order valence-electron chi connectivity index (χ4n) is 3.18. The van der Waals surface area contributed by atoms with Crippen molar-refractivity contribution in [2.75, 3.05) is 14.2 Å². The van der Waals surface area contributed by atoms with Gasteiger partial charge in [-0.2, -0.15) is 0 Å². The Morgan fingerprint density at radius 2 is 1.83 bits per heavy atom. The highest BCUT2D eigenvalue weighted by molar-refractivity contribution is 6.00. The van der Waals surface area contributed by atoms with Gasteiger partial charge in [-0.15, -0.1) is 0 Å². The molecule has 1 N–H and O–H groups in total. The van der Waals surface area contributed by atoms with Gasteiger partial charge in [0.2, 0.25) is 0 Å². The molecule has 29 heavy (non-hydrogen) atoms. The summed E-state index contributed by atoms with van der Waals surface area (Å²) in [5.74, 6) is 1.84. The van der Waals surface area contributed by atoms with Crippen molar-refractivity contribution < 1.29 is 18.8 Å². The molecule has 0 saturated heterocycles. The van der Waals surface area contributed by atoms with Gasteiger partial charge in [0, 0.05) is 23.2 Å². The predicted octanol–water partition coefficient (Wildman–Crippen LogP) is 4.44. The number of benzene rings is 3. The molecule has 0 aliphatic rings. The monoisotopic (exact) mass is 388 g/mol. The van der Waals surface area contributed by atoms with Gasteiger partial charge in [-0.25, -0.2) is 0 Å². The molecule has 3 aromatic carbocycles. The van der Waals surface area contributed by atoms with Crippen molar-refractivity contribution in [3.8, 4) is 22.8 Å². The first-order valence-corrected chi connectivity index (χ1v) is 9.13. The number of rotatable bonds is 6. The molecule has 0 fully saturated rings. The van der Waals surface area contributed by atoms with Crippen molar-refractivity contribution in [3.05, 3.63) is 77.9 Å². The van der Waals surface area contributed by atoms with Crippen LogP contribution < -0.4 is 14.8 Å². The molecule has 1 aromatic heterocycles. The summed E-state index contributed by atoms with van der Waals surface area (Å²) >= 11 is 0. The van der Waals surface area contributed by atoms with Gasteiger partial charge in [-0.05, 0) is 36.4 Å². The summed E-state index contributed by atoms with van der Waals surface area (Å²) in [6.07, 6.45) is 0. The van der Waals surface area contributed by atoms with E-state index in [1.54, 1.807) is 32.4 Å². The van der Waals surface area contributed by atoms with E-state index < -0.39 is 0 Å². The maximum absolute atomic E-state index is 12.8. The zero-order valence-corrected chi connectivity index (χ0v) is 16.1. The molecule has 0 radical (unpaired) electrons. The van der Waals surface area contributed by atoms with Crippen LogP contribution in [0, 0.1) is 0 Å². The molecule has 0 aliphatic carbocycles. The average molecular weight is 388 g/mol. The quantitative estimate of drug-likeness (QED) is 0.529. The molecule has 0 atom stereocenters. The highest BCUT2D eigenvalue weighted by atomic mass is 16.5. The summed E-state index contributed by atoms with van der Waals surface area (Å²) in [7, 11) is 3.20. The molecule has 6 heteroatoms. The third-order valence-electron chi connectivity index (χ3n) is 4.70. The van der Waals surface area contributed by atoms with E-state index in [1.165, 1.54) is 0 Å². The normalized spacial score (nSPS) is 10.7. The van der Waals surface area contributed by atoms with Crippen LogP contribution in [0.15, 0.2) is 71.3 Å². The first kappa shape index (κ1) is 18.6. The van der Waals surface area contributed by atoms with Crippen LogP contribution in [0.2, 0.25) is 0 Å². The van der Waals surface area contributed by atoms with E-state index in [0.29, 0.717) is 34.9 Å². The van der Waals surface area contributed by atoms with Crippen molar-refractivity contribution in [2.45, 2.75) is 6.54 Å². The Balaban J connectivity index is 1.58. The second kappa shape index (κ2) is 8.06. The van der Waals surface area contributed by atoms with Gasteiger partial charge in [0.25, 0.3) is 5.91 Å². The topological polar surface area (TPSA) is 73.6 Å². The van der Waals surface area contributed by atoms with Crippen LogP contribution in [0.4, 0.5) is 0 Å². The number of carbonyl (C=O) groups is 1. The van der Waals surface area contributed by atoms with Crippen molar-refractivity contribution >= 4 is 16.8 Å². The Labute approximate surface area is 168 Å². The number of nitrogens with one attached hydrogen (secondary N) is 1. The Morgan fingerprint density at radius 1 is 1.00 bits per heavy atom. The second-order valence-electron chi connectivity index (χ2n) is 6.47. The second-order valence-corrected chi connectivity index (χ2v) is 6.47. The minimum absolute atomic E-state index is 0.197. The maximum atomic E-state index is 12.8. The summed E-state index contributed by atoms with van der Waals surface area (Å²) in [6.45, 7) is 0.312. The van der Waals surface area contributed by atoms with Gasteiger partial charge in [-0.3, -0.25) is 4.79 Å². The van der Waals surface area contributed by atoms with Crippen LogP contribution >= 0.6 is 0 Å². The van der Waals surface area contributed by atoms with E-state index in [1.807, 2.05) is 48.5 Å². The van der Waals surface area contributed by atoms with Gasteiger partial charge >= 0.3 is 0 Å². The van der Waals surface area contributed by atoms with Crippen LogP contribution in [0.3, 0.4) is 0 Å². The van der Waals surface area contributed by atoms with Gasteiger partial charge in [0.05, 0.1) is 19.6 Å². The zero-order chi connectivity index (χ0) is 20.2. The lowest BCUT2D eigenvalue weighted by atomic mass is 10.1. The van der Waals surface area contributed by atoms with E-state index in [0.717, 1.165) is 16.5 Å². The van der Waals surface area contributed by atoms with Crippen molar-refractivity contribution in [1.29, 1.82) is 0 Å². The molecular weight excluding hydrogens is 368 g/mol. The van der Waals surface area contributed by atoms with E-state index in [2.05, 4.69) is 10.5 Å². The number of fused-ring (bicyclic) bond motifs is 1. The molecule has 0 unspecified atom stereocenters. The number of hydrogen-bond acceptors (Lipinski definition) is 5. The molecule has 0 spiro atoms. The summed E-state index contributed by atoms with van der Waals surface area (Å²) in [4.78, 5) is 12.8. The van der Waals surface area contributed by atoms with E-state index in [9.17, 15) is 4.79 Å². The minimum Gasteiger partial charge on any atom is -0.497 e. The summed E-state index contributed by atoms with van der Waals surface area (Å²) < 4.78 is 16.1. The first-order chi connectivity index (χ1) is 14.2. The van der Waals surface area contributed by atoms with E-state index >= 15 is 0 Å². The van der Waals surface area contributed by atoms with Crippen LogP contribution in [0.25, 0.3) is 22.2 Å².